The largest absolute Gasteiger partial charge is 0.441 e. The van der Waals surface area contributed by atoms with E-state index in [-0.39, 0.29) is 6.10 Å². The smallest absolute Gasteiger partial charge is 0.412 e. The number of nitrogens with zero attached hydrogens (tertiary/aromatic N) is 1. The molecule has 0 fully saturated rings. The molecule has 184 valence electrons. The first-order valence-electron chi connectivity index (χ1n) is 11.8. The van der Waals surface area contributed by atoms with E-state index in [4.69, 9.17) is 9.47 Å². The zero-order valence-electron chi connectivity index (χ0n) is 20.3. The van der Waals surface area contributed by atoms with Gasteiger partial charge in [-0.05, 0) is 82.7 Å². The van der Waals surface area contributed by atoms with Gasteiger partial charge in [-0.2, -0.15) is 4.37 Å². The van der Waals surface area contributed by atoms with Gasteiger partial charge in [0.15, 0.2) is 0 Å². The minimum atomic E-state index is -0.518. The molecular weight excluding hydrogens is 484 g/mol. The van der Waals surface area contributed by atoms with Crippen LogP contribution in [-0.4, -0.2) is 16.9 Å². The Morgan fingerprint density at radius 1 is 0.892 bits per heavy atom. The summed E-state index contributed by atoms with van der Waals surface area (Å²) in [5, 5.41) is 5.06. The van der Waals surface area contributed by atoms with Crippen LogP contribution in [0, 0.1) is 6.92 Å². The SMILES string of the molecule is Cc1nsc(-c2ccc3cc(-c4ccc(OC=O)cc4)ccc3c2)c1NC(=O)O[C@H](C)c1ccccc1. The predicted molar refractivity (Wildman–Crippen MR) is 147 cm³/mol. The normalized spacial score (nSPS) is 11.6. The summed E-state index contributed by atoms with van der Waals surface area (Å²) in [6, 6.07) is 29.4. The van der Waals surface area contributed by atoms with E-state index in [0.29, 0.717) is 17.9 Å². The molecule has 0 bridgehead atoms. The van der Waals surface area contributed by atoms with Gasteiger partial charge in [-0.15, -0.1) is 0 Å². The summed E-state index contributed by atoms with van der Waals surface area (Å²) in [6.45, 7) is 4.14. The monoisotopic (exact) mass is 508 g/mol. The van der Waals surface area contributed by atoms with E-state index in [1.165, 1.54) is 11.5 Å². The first-order chi connectivity index (χ1) is 18.0. The first kappa shape index (κ1) is 24.2. The summed E-state index contributed by atoms with van der Waals surface area (Å²) >= 11 is 1.34. The quantitative estimate of drug-likeness (QED) is 0.227. The van der Waals surface area contributed by atoms with Crippen molar-refractivity contribution >= 4 is 40.6 Å². The second kappa shape index (κ2) is 10.6. The maximum absolute atomic E-state index is 12.7. The number of hydrogen-bond acceptors (Lipinski definition) is 6. The van der Waals surface area contributed by atoms with E-state index in [2.05, 4.69) is 40.0 Å². The molecule has 0 saturated carbocycles. The van der Waals surface area contributed by atoms with Crippen molar-refractivity contribution in [2.45, 2.75) is 20.0 Å². The van der Waals surface area contributed by atoms with Gasteiger partial charge in [-0.25, -0.2) is 4.79 Å². The summed E-state index contributed by atoms with van der Waals surface area (Å²) in [7, 11) is 0. The van der Waals surface area contributed by atoms with Gasteiger partial charge in [0.2, 0.25) is 0 Å². The van der Waals surface area contributed by atoms with E-state index in [1.807, 2.05) is 62.4 Å². The number of aromatic nitrogens is 1. The van der Waals surface area contributed by atoms with Crippen LogP contribution in [0.4, 0.5) is 10.5 Å². The number of nitrogens with one attached hydrogen (secondary N) is 1. The molecule has 0 unspecified atom stereocenters. The Labute approximate surface area is 218 Å². The van der Waals surface area contributed by atoms with E-state index in [0.717, 1.165) is 43.6 Å². The molecule has 0 aliphatic rings. The van der Waals surface area contributed by atoms with Gasteiger partial charge in [0, 0.05) is 0 Å². The van der Waals surface area contributed by atoms with Gasteiger partial charge in [0.1, 0.15) is 11.9 Å². The molecule has 5 aromatic rings. The first-order valence-corrected chi connectivity index (χ1v) is 12.5. The van der Waals surface area contributed by atoms with Crippen molar-refractivity contribution in [1.29, 1.82) is 0 Å². The highest BCUT2D eigenvalue weighted by Crippen LogP contribution is 2.37. The molecule has 6 nitrogen and oxygen atoms in total. The average molecular weight is 509 g/mol. The van der Waals surface area contributed by atoms with Crippen LogP contribution < -0.4 is 10.1 Å². The van der Waals surface area contributed by atoms with E-state index >= 15 is 0 Å². The molecule has 0 aliphatic carbocycles. The minimum absolute atomic E-state index is 0.375. The van der Waals surface area contributed by atoms with Crippen molar-refractivity contribution in [1.82, 2.24) is 4.37 Å². The fourth-order valence-electron chi connectivity index (χ4n) is 4.15. The Morgan fingerprint density at radius 2 is 1.54 bits per heavy atom. The molecule has 1 atom stereocenters. The van der Waals surface area contributed by atoms with E-state index in [1.54, 1.807) is 12.1 Å². The molecule has 0 radical (unpaired) electrons. The number of carbonyl (C=O) groups excluding carboxylic acids is 2. The van der Waals surface area contributed by atoms with E-state index < -0.39 is 6.09 Å². The molecule has 1 heterocycles. The summed E-state index contributed by atoms with van der Waals surface area (Å²) in [5.74, 6) is 0.506. The number of amides is 1. The molecular formula is C30H24N2O4S. The van der Waals surface area contributed by atoms with Crippen LogP contribution >= 0.6 is 11.5 Å². The van der Waals surface area contributed by atoms with Gasteiger partial charge in [-0.3, -0.25) is 10.1 Å². The number of rotatable bonds is 7. The maximum atomic E-state index is 12.7. The molecule has 7 heteroatoms. The molecule has 0 spiro atoms. The fraction of sp³-hybridized carbons (Fsp3) is 0.100. The van der Waals surface area contributed by atoms with Crippen LogP contribution in [0.25, 0.3) is 32.3 Å². The Kier molecular flexibility index (Phi) is 6.96. The van der Waals surface area contributed by atoms with Crippen molar-refractivity contribution in [3.05, 3.63) is 102 Å². The van der Waals surface area contributed by atoms with Crippen LogP contribution in [0.5, 0.6) is 5.75 Å². The maximum Gasteiger partial charge on any atom is 0.412 e. The molecule has 1 amide bonds. The topological polar surface area (TPSA) is 77.5 Å². The third-order valence-corrected chi connectivity index (χ3v) is 7.10. The highest BCUT2D eigenvalue weighted by Gasteiger charge is 2.18. The molecule has 0 aliphatic heterocycles. The summed E-state index contributed by atoms with van der Waals surface area (Å²) in [5.41, 5.74) is 5.37. The van der Waals surface area contributed by atoms with E-state index in [9.17, 15) is 9.59 Å². The third-order valence-electron chi connectivity index (χ3n) is 6.12. The lowest BCUT2D eigenvalue weighted by molar-refractivity contribution is -0.120. The van der Waals surface area contributed by atoms with Crippen LogP contribution in [0.2, 0.25) is 0 Å². The lowest BCUT2D eigenvalue weighted by atomic mass is 9.99. The van der Waals surface area contributed by atoms with Gasteiger partial charge < -0.3 is 9.47 Å². The summed E-state index contributed by atoms with van der Waals surface area (Å²) in [4.78, 5) is 24.1. The second-order valence-electron chi connectivity index (χ2n) is 8.57. The number of fused-ring (bicyclic) bond motifs is 1. The average Bonchev–Trinajstić information content (AvgIpc) is 3.28. The second-order valence-corrected chi connectivity index (χ2v) is 9.34. The van der Waals surface area contributed by atoms with Crippen LogP contribution in [0.3, 0.4) is 0 Å². The third kappa shape index (κ3) is 5.37. The van der Waals surface area contributed by atoms with Crippen LogP contribution in [-0.2, 0) is 9.53 Å². The summed E-state index contributed by atoms with van der Waals surface area (Å²) < 4.78 is 15.0. The van der Waals surface area contributed by atoms with Crippen molar-refractivity contribution < 1.29 is 19.1 Å². The van der Waals surface area contributed by atoms with Crippen molar-refractivity contribution in [2.75, 3.05) is 5.32 Å². The minimum Gasteiger partial charge on any atom is -0.441 e. The number of benzene rings is 4. The van der Waals surface area contributed by atoms with Crippen LogP contribution in [0.1, 0.15) is 24.3 Å². The molecule has 4 aromatic carbocycles. The number of anilines is 1. The standard InChI is InChI=1S/C30H24N2O4S/c1-19-28(31-30(34)36-20(2)21-6-4-3-5-7-21)29(37-32-19)26-11-10-24-16-23(8-9-25(24)17-26)22-12-14-27(15-13-22)35-18-33/h3-18,20H,1-2H3,(H,31,34)/t20-/m1/s1. The van der Waals surface area contributed by atoms with Gasteiger partial charge >= 0.3 is 6.09 Å². The lowest BCUT2D eigenvalue weighted by Gasteiger charge is -2.15. The molecule has 5 rings (SSSR count). The number of ether oxygens (including phenoxy) is 2. The lowest BCUT2D eigenvalue weighted by Crippen LogP contribution is -2.16. The molecule has 1 aromatic heterocycles. The number of carbonyl (C=O) groups is 2. The van der Waals surface area contributed by atoms with Gasteiger partial charge in [0.05, 0.1) is 16.3 Å². The highest BCUT2D eigenvalue weighted by molar-refractivity contribution is 7.10. The van der Waals surface area contributed by atoms with Crippen molar-refractivity contribution in [3.8, 4) is 27.3 Å². The fourth-order valence-corrected chi connectivity index (χ4v) is 4.99. The number of aryl methyl sites for hydroxylation is 1. The Balaban J connectivity index is 1.36. The zero-order valence-corrected chi connectivity index (χ0v) is 21.1. The van der Waals surface area contributed by atoms with Gasteiger partial charge in [0.25, 0.3) is 6.47 Å². The predicted octanol–water partition coefficient (Wildman–Crippen LogP) is 7.78. The Bertz CT molecular complexity index is 1560. The Morgan fingerprint density at radius 3 is 2.24 bits per heavy atom. The van der Waals surface area contributed by atoms with Crippen LogP contribution in [0.15, 0.2) is 91.0 Å². The zero-order chi connectivity index (χ0) is 25.8. The molecule has 0 saturated heterocycles. The van der Waals surface area contributed by atoms with Crippen molar-refractivity contribution in [2.24, 2.45) is 0 Å². The molecule has 37 heavy (non-hydrogen) atoms. The Hall–Kier alpha value is -4.49. The molecule has 1 N–H and O–H groups in total. The summed E-state index contributed by atoms with van der Waals surface area (Å²) in [6.07, 6.45) is -0.893. The number of hydrogen-bond donors (Lipinski definition) is 1. The highest BCUT2D eigenvalue weighted by atomic mass is 32.1. The van der Waals surface area contributed by atoms with Crippen molar-refractivity contribution in [3.63, 3.8) is 0 Å². The van der Waals surface area contributed by atoms with Gasteiger partial charge in [-0.1, -0.05) is 66.7 Å².